The molecule has 98 valence electrons. The molecule has 1 aromatic heterocycles. The molecule has 6 nitrogen and oxygen atoms in total. The number of anilines is 1. The molecule has 0 unspecified atom stereocenters. The topological polar surface area (TPSA) is 98.3 Å². The third kappa shape index (κ3) is 2.98. The van der Waals surface area contributed by atoms with E-state index in [0.717, 1.165) is 5.75 Å². The molecule has 0 atom stereocenters. The van der Waals surface area contributed by atoms with Gasteiger partial charge in [0.2, 0.25) is 0 Å². The van der Waals surface area contributed by atoms with E-state index in [1.54, 1.807) is 24.3 Å². The van der Waals surface area contributed by atoms with Crippen molar-refractivity contribution in [1.82, 2.24) is 9.97 Å². The zero-order chi connectivity index (χ0) is 13.8. The quantitative estimate of drug-likeness (QED) is 0.869. The van der Waals surface area contributed by atoms with Crippen LogP contribution in [-0.4, -0.2) is 27.7 Å². The standard InChI is InChI=1S/C13H13N3O3/c1-2-19-9-5-3-8(4-6-9)12-15-10(13(17)18)7-11(14)16-12/h3-7H,2H2,1H3,(H,17,18)(H2,14,15,16). The number of rotatable bonds is 4. The second-order valence-corrected chi connectivity index (χ2v) is 3.76. The van der Waals surface area contributed by atoms with Crippen molar-refractivity contribution in [2.75, 3.05) is 12.3 Å². The maximum Gasteiger partial charge on any atom is 0.354 e. The highest BCUT2D eigenvalue weighted by atomic mass is 16.5. The Labute approximate surface area is 109 Å². The van der Waals surface area contributed by atoms with Crippen molar-refractivity contribution in [3.05, 3.63) is 36.0 Å². The molecule has 0 aliphatic rings. The van der Waals surface area contributed by atoms with Gasteiger partial charge in [-0.15, -0.1) is 0 Å². The van der Waals surface area contributed by atoms with Gasteiger partial charge in [0.1, 0.15) is 11.6 Å². The average molecular weight is 259 g/mol. The van der Waals surface area contributed by atoms with Crippen LogP contribution in [0.2, 0.25) is 0 Å². The lowest BCUT2D eigenvalue weighted by Crippen LogP contribution is -2.05. The second kappa shape index (κ2) is 5.34. The van der Waals surface area contributed by atoms with E-state index in [9.17, 15) is 4.79 Å². The molecule has 0 spiro atoms. The number of nitrogens with two attached hydrogens (primary N) is 1. The van der Waals surface area contributed by atoms with Gasteiger partial charge in [-0.2, -0.15) is 0 Å². The summed E-state index contributed by atoms with van der Waals surface area (Å²) in [6.07, 6.45) is 0. The number of ether oxygens (including phenoxy) is 1. The van der Waals surface area contributed by atoms with E-state index in [4.69, 9.17) is 15.6 Å². The van der Waals surface area contributed by atoms with Crippen molar-refractivity contribution in [3.8, 4) is 17.1 Å². The molecule has 0 saturated carbocycles. The SMILES string of the molecule is CCOc1ccc(-c2nc(N)cc(C(=O)O)n2)cc1. The number of aromatic nitrogens is 2. The molecule has 0 saturated heterocycles. The highest BCUT2D eigenvalue weighted by molar-refractivity contribution is 5.86. The number of hydrogen-bond donors (Lipinski definition) is 2. The van der Waals surface area contributed by atoms with Crippen LogP contribution in [0.4, 0.5) is 5.82 Å². The number of aromatic carboxylic acids is 1. The van der Waals surface area contributed by atoms with Crippen LogP contribution < -0.4 is 10.5 Å². The van der Waals surface area contributed by atoms with Gasteiger partial charge >= 0.3 is 5.97 Å². The van der Waals surface area contributed by atoms with Crippen molar-refractivity contribution in [2.45, 2.75) is 6.92 Å². The lowest BCUT2D eigenvalue weighted by Gasteiger charge is -2.05. The Morgan fingerprint density at radius 2 is 2.00 bits per heavy atom. The molecule has 2 rings (SSSR count). The van der Waals surface area contributed by atoms with Gasteiger partial charge in [0.15, 0.2) is 11.5 Å². The van der Waals surface area contributed by atoms with Gasteiger partial charge < -0.3 is 15.6 Å². The van der Waals surface area contributed by atoms with Crippen LogP contribution >= 0.6 is 0 Å². The third-order valence-corrected chi connectivity index (χ3v) is 2.39. The summed E-state index contributed by atoms with van der Waals surface area (Å²) in [6.45, 7) is 2.48. The summed E-state index contributed by atoms with van der Waals surface area (Å²) in [5.74, 6) is -0.00775. The number of nitrogen functional groups attached to an aromatic ring is 1. The lowest BCUT2D eigenvalue weighted by molar-refractivity contribution is 0.0690. The van der Waals surface area contributed by atoms with E-state index >= 15 is 0 Å². The first-order chi connectivity index (χ1) is 9.10. The molecule has 0 fully saturated rings. The lowest BCUT2D eigenvalue weighted by atomic mass is 10.2. The molecule has 3 N–H and O–H groups in total. The van der Waals surface area contributed by atoms with Crippen molar-refractivity contribution in [1.29, 1.82) is 0 Å². The number of carboxylic acid groups (broad SMARTS) is 1. The van der Waals surface area contributed by atoms with Crippen LogP contribution in [0.3, 0.4) is 0 Å². The minimum absolute atomic E-state index is 0.122. The van der Waals surface area contributed by atoms with Gasteiger partial charge in [-0.1, -0.05) is 0 Å². The third-order valence-electron chi connectivity index (χ3n) is 2.39. The molecular weight excluding hydrogens is 246 g/mol. The van der Waals surface area contributed by atoms with Gasteiger partial charge in [0, 0.05) is 11.6 Å². The normalized spacial score (nSPS) is 10.2. The number of benzene rings is 1. The Morgan fingerprint density at radius 3 is 2.58 bits per heavy atom. The van der Waals surface area contributed by atoms with Crippen LogP contribution in [-0.2, 0) is 0 Å². The largest absolute Gasteiger partial charge is 0.494 e. The molecule has 0 aliphatic heterocycles. The monoisotopic (exact) mass is 259 g/mol. The van der Waals surface area contributed by atoms with E-state index in [1.165, 1.54) is 6.07 Å². The smallest absolute Gasteiger partial charge is 0.354 e. The highest BCUT2D eigenvalue weighted by Gasteiger charge is 2.10. The molecule has 1 aromatic carbocycles. The van der Waals surface area contributed by atoms with E-state index in [2.05, 4.69) is 9.97 Å². The maximum atomic E-state index is 10.9. The fraction of sp³-hybridized carbons (Fsp3) is 0.154. The predicted octanol–water partition coefficient (Wildman–Crippen LogP) is 1.82. The van der Waals surface area contributed by atoms with E-state index < -0.39 is 5.97 Å². The van der Waals surface area contributed by atoms with Gasteiger partial charge in [-0.25, -0.2) is 14.8 Å². The molecule has 19 heavy (non-hydrogen) atoms. The molecule has 0 bridgehead atoms. The zero-order valence-corrected chi connectivity index (χ0v) is 10.3. The van der Waals surface area contributed by atoms with Crippen molar-refractivity contribution >= 4 is 11.8 Å². The summed E-state index contributed by atoms with van der Waals surface area (Å²) >= 11 is 0. The molecule has 2 aromatic rings. The van der Waals surface area contributed by atoms with Crippen LogP contribution in [0, 0.1) is 0 Å². The molecule has 1 heterocycles. The van der Waals surface area contributed by atoms with Gasteiger partial charge in [-0.3, -0.25) is 0 Å². The predicted molar refractivity (Wildman–Crippen MR) is 70.0 cm³/mol. The van der Waals surface area contributed by atoms with Crippen molar-refractivity contribution < 1.29 is 14.6 Å². The number of carbonyl (C=O) groups is 1. The zero-order valence-electron chi connectivity index (χ0n) is 10.3. The maximum absolute atomic E-state index is 10.9. The van der Waals surface area contributed by atoms with Crippen LogP contribution in [0.15, 0.2) is 30.3 Å². The highest BCUT2D eigenvalue weighted by Crippen LogP contribution is 2.20. The Hall–Kier alpha value is -2.63. The summed E-state index contributed by atoms with van der Waals surface area (Å²) in [4.78, 5) is 18.9. The first-order valence-electron chi connectivity index (χ1n) is 5.71. The average Bonchev–Trinajstić information content (AvgIpc) is 2.39. The minimum atomic E-state index is -1.14. The van der Waals surface area contributed by atoms with Gasteiger partial charge in [0.25, 0.3) is 0 Å². The Balaban J connectivity index is 2.38. The summed E-state index contributed by atoms with van der Waals surface area (Å²) in [6, 6.07) is 8.27. The van der Waals surface area contributed by atoms with Crippen LogP contribution in [0.1, 0.15) is 17.4 Å². The van der Waals surface area contributed by atoms with Gasteiger partial charge in [-0.05, 0) is 31.2 Å². The molecule has 0 radical (unpaired) electrons. The minimum Gasteiger partial charge on any atom is -0.494 e. The molecule has 0 aliphatic carbocycles. The second-order valence-electron chi connectivity index (χ2n) is 3.76. The Bertz CT molecular complexity index is 597. The Morgan fingerprint density at radius 1 is 1.32 bits per heavy atom. The fourth-order valence-corrected chi connectivity index (χ4v) is 1.57. The van der Waals surface area contributed by atoms with Crippen LogP contribution in [0.5, 0.6) is 5.75 Å². The Kier molecular flexibility index (Phi) is 3.61. The van der Waals surface area contributed by atoms with Crippen molar-refractivity contribution in [2.24, 2.45) is 0 Å². The summed E-state index contributed by atoms with van der Waals surface area (Å²) in [5.41, 5.74) is 6.12. The molecular formula is C13H13N3O3. The summed E-state index contributed by atoms with van der Waals surface area (Å²) in [5, 5.41) is 8.93. The van der Waals surface area contributed by atoms with Crippen LogP contribution in [0.25, 0.3) is 11.4 Å². The van der Waals surface area contributed by atoms with E-state index in [0.29, 0.717) is 12.2 Å². The molecule has 0 amide bonds. The van der Waals surface area contributed by atoms with E-state index in [-0.39, 0.29) is 17.3 Å². The first kappa shape index (κ1) is 12.8. The van der Waals surface area contributed by atoms with Crippen molar-refractivity contribution in [3.63, 3.8) is 0 Å². The number of nitrogens with zero attached hydrogens (tertiary/aromatic N) is 2. The summed E-state index contributed by atoms with van der Waals surface area (Å²) in [7, 11) is 0. The first-order valence-corrected chi connectivity index (χ1v) is 5.71. The van der Waals surface area contributed by atoms with Gasteiger partial charge in [0.05, 0.1) is 6.61 Å². The summed E-state index contributed by atoms with van der Waals surface area (Å²) < 4.78 is 5.32. The van der Waals surface area contributed by atoms with E-state index in [1.807, 2.05) is 6.92 Å². The molecule has 6 heteroatoms. The number of carboxylic acids is 1. The number of hydrogen-bond acceptors (Lipinski definition) is 5. The fourth-order valence-electron chi connectivity index (χ4n) is 1.57.